The van der Waals surface area contributed by atoms with Crippen molar-refractivity contribution in [2.75, 3.05) is 13.1 Å². The molecule has 6 nitrogen and oxygen atoms in total. The molecule has 7 heteroatoms. The molecule has 0 bridgehead atoms. The third kappa shape index (κ3) is 6.50. The van der Waals surface area contributed by atoms with Crippen LogP contribution in [0.2, 0.25) is 0 Å². The number of hydrogen-bond acceptors (Lipinski definition) is 4. The van der Waals surface area contributed by atoms with Crippen molar-refractivity contribution in [2.45, 2.75) is 25.4 Å². The number of nitrogens with zero attached hydrogens (tertiary/aromatic N) is 2. The van der Waals surface area contributed by atoms with Crippen LogP contribution in [0.15, 0.2) is 91.1 Å². The molecule has 37 heavy (non-hydrogen) atoms. The van der Waals surface area contributed by atoms with Gasteiger partial charge < -0.3 is 5.32 Å². The summed E-state index contributed by atoms with van der Waals surface area (Å²) in [5.74, 6) is 0.0805. The van der Waals surface area contributed by atoms with E-state index in [2.05, 4.69) is 80.6 Å². The van der Waals surface area contributed by atoms with Crippen LogP contribution in [0.3, 0.4) is 0 Å². The number of thiocarbonyl (C=S) groups is 1. The average molecular weight is 509 g/mol. The van der Waals surface area contributed by atoms with Gasteiger partial charge in [-0.05, 0) is 72.2 Å². The number of nitrogens with one attached hydrogen (secondary N) is 3. The van der Waals surface area contributed by atoms with Gasteiger partial charge >= 0.3 is 0 Å². The number of hydrogen-bond donors (Lipinski definition) is 3. The number of fused-ring (bicyclic) bond motifs is 1. The maximum absolute atomic E-state index is 12.9. The second-order valence-electron chi connectivity index (χ2n) is 9.43. The van der Waals surface area contributed by atoms with Gasteiger partial charge in [0.1, 0.15) is 5.69 Å². The van der Waals surface area contributed by atoms with Gasteiger partial charge in [0.25, 0.3) is 5.91 Å². The number of carbonyl (C=O) groups excluding carboxylic acids is 1. The van der Waals surface area contributed by atoms with Crippen molar-refractivity contribution in [2.24, 2.45) is 5.92 Å². The maximum atomic E-state index is 12.9. The van der Waals surface area contributed by atoms with Gasteiger partial charge in [0.2, 0.25) is 0 Å². The summed E-state index contributed by atoms with van der Waals surface area (Å²) in [6.45, 7) is 2.80. The summed E-state index contributed by atoms with van der Waals surface area (Å²) in [7, 11) is 0. The van der Waals surface area contributed by atoms with E-state index < -0.39 is 0 Å². The van der Waals surface area contributed by atoms with Crippen LogP contribution in [0.5, 0.6) is 0 Å². The normalized spacial score (nSPS) is 17.7. The molecule has 187 valence electrons. The molecule has 1 amide bonds. The van der Waals surface area contributed by atoms with Crippen LogP contribution >= 0.6 is 12.2 Å². The van der Waals surface area contributed by atoms with E-state index >= 15 is 0 Å². The van der Waals surface area contributed by atoms with Crippen molar-refractivity contribution < 1.29 is 4.79 Å². The van der Waals surface area contributed by atoms with Crippen LogP contribution in [-0.2, 0) is 13.0 Å². The summed E-state index contributed by atoms with van der Waals surface area (Å²) >= 11 is 5.60. The van der Waals surface area contributed by atoms with E-state index in [1.165, 1.54) is 11.1 Å². The Hall–Kier alpha value is -3.81. The number of amides is 1. The van der Waals surface area contributed by atoms with E-state index in [1.807, 2.05) is 30.3 Å². The van der Waals surface area contributed by atoms with Crippen molar-refractivity contribution in [3.8, 4) is 0 Å². The number of benzene rings is 3. The predicted octanol–water partition coefficient (Wildman–Crippen LogP) is 4.28. The Bertz CT molecular complexity index is 1340. The van der Waals surface area contributed by atoms with Crippen molar-refractivity contribution >= 4 is 34.0 Å². The van der Waals surface area contributed by atoms with Gasteiger partial charge in [-0.25, -0.2) is 0 Å². The highest BCUT2D eigenvalue weighted by Gasteiger charge is 2.30. The molecule has 0 aliphatic carbocycles. The molecule has 1 radical (unpaired) electrons. The molecule has 3 N–H and O–H groups in total. The number of carbonyl (C=O) groups is 1. The van der Waals surface area contributed by atoms with Crippen molar-refractivity contribution in [1.29, 1.82) is 0 Å². The lowest BCUT2D eigenvalue weighted by Crippen LogP contribution is -2.57. The molecule has 0 saturated carbocycles. The van der Waals surface area contributed by atoms with E-state index in [-0.39, 0.29) is 11.9 Å². The lowest BCUT2D eigenvalue weighted by molar-refractivity contribution is 0.0939. The largest absolute Gasteiger partial charge is 0.357 e. The number of pyridine rings is 1. The molecule has 5 rings (SSSR count). The summed E-state index contributed by atoms with van der Waals surface area (Å²) in [5, 5.41) is 5.56. The SMILES string of the molecule is O=C(NNC(=S)N[C@H]1CN(Cc2ccccc2)CC[C@H]1Cc1ccccc1)c1nccc2c[c]ccc12. The van der Waals surface area contributed by atoms with E-state index in [1.54, 1.807) is 12.3 Å². The second-order valence-corrected chi connectivity index (χ2v) is 9.83. The smallest absolute Gasteiger partial charge is 0.288 e. The Labute approximate surface area is 223 Å². The van der Waals surface area contributed by atoms with Crippen LogP contribution in [0.1, 0.15) is 28.0 Å². The molecule has 0 spiro atoms. The zero-order valence-electron chi connectivity index (χ0n) is 20.6. The number of rotatable bonds is 6. The molecule has 1 aliphatic heterocycles. The standard InChI is InChI=1S/C30H30N5OS/c36-29(28-26-14-8-7-13-24(26)15-17-31-28)33-34-30(37)32-27-21-35(20-23-11-5-2-6-12-23)18-16-25(27)19-22-9-3-1-4-10-22/h1-6,8-15,17,25,27H,16,18-21H2,(H,33,36)(H2,32,34,37)/t25-,27-/m0/s1. The Morgan fingerprint density at radius 3 is 2.54 bits per heavy atom. The van der Waals surface area contributed by atoms with Gasteiger partial charge in [-0.2, -0.15) is 0 Å². The number of aromatic nitrogens is 1. The average Bonchev–Trinajstić information content (AvgIpc) is 2.94. The van der Waals surface area contributed by atoms with E-state index in [0.29, 0.717) is 16.7 Å². The molecule has 1 aromatic heterocycles. The molecule has 1 fully saturated rings. The van der Waals surface area contributed by atoms with E-state index in [4.69, 9.17) is 12.2 Å². The summed E-state index contributed by atoms with van der Waals surface area (Å²) < 4.78 is 0. The van der Waals surface area contributed by atoms with E-state index in [0.717, 1.165) is 43.2 Å². The van der Waals surface area contributed by atoms with Crippen LogP contribution in [0, 0.1) is 12.0 Å². The first-order valence-electron chi connectivity index (χ1n) is 12.6. The Kier molecular flexibility index (Phi) is 8.03. The van der Waals surface area contributed by atoms with Crippen molar-refractivity contribution in [3.05, 3.63) is 114 Å². The number of likely N-dealkylation sites (tertiary alicyclic amines) is 1. The van der Waals surface area contributed by atoms with E-state index in [9.17, 15) is 4.79 Å². The van der Waals surface area contributed by atoms with Crippen LogP contribution < -0.4 is 16.2 Å². The van der Waals surface area contributed by atoms with Gasteiger partial charge in [0.05, 0.1) is 0 Å². The van der Waals surface area contributed by atoms with Gasteiger partial charge in [-0.1, -0.05) is 72.8 Å². The molecule has 2 heterocycles. The Balaban J connectivity index is 1.23. The van der Waals surface area contributed by atoms with Gasteiger partial charge in [0, 0.05) is 30.7 Å². The predicted molar refractivity (Wildman–Crippen MR) is 151 cm³/mol. The zero-order chi connectivity index (χ0) is 25.5. The van der Waals surface area contributed by atoms with Crippen molar-refractivity contribution in [1.82, 2.24) is 26.1 Å². The lowest BCUT2D eigenvalue weighted by Gasteiger charge is -2.39. The molecule has 1 saturated heterocycles. The number of hydrazine groups is 1. The minimum Gasteiger partial charge on any atom is -0.357 e. The highest BCUT2D eigenvalue weighted by molar-refractivity contribution is 7.80. The fourth-order valence-corrected chi connectivity index (χ4v) is 5.20. The highest BCUT2D eigenvalue weighted by atomic mass is 32.1. The fourth-order valence-electron chi connectivity index (χ4n) is 4.99. The van der Waals surface area contributed by atoms with Crippen LogP contribution in [0.25, 0.3) is 10.8 Å². The van der Waals surface area contributed by atoms with Crippen LogP contribution in [-0.4, -0.2) is 40.0 Å². The number of piperidine rings is 1. The van der Waals surface area contributed by atoms with Gasteiger partial charge in [-0.15, -0.1) is 0 Å². The quantitative estimate of drug-likeness (QED) is 0.267. The topological polar surface area (TPSA) is 69.3 Å². The first-order valence-corrected chi connectivity index (χ1v) is 13.0. The first-order chi connectivity index (χ1) is 18.2. The zero-order valence-corrected chi connectivity index (χ0v) is 21.4. The maximum Gasteiger partial charge on any atom is 0.288 e. The molecule has 1 aliphatic rings. The lowest BCUT2D eigenvalue weighted by atomic mass is 9.86. The Morgan fingerprint density at radius 2 is 1.76 bits per heavy atom. The van der Waals surface area contributed by atoms with Crippen molar-refractivity contribution in [3.63, 3.8) is 0 Å². The summed E-state index contributed by atoms with van der Waals surface area (Å²) in [4.78, 5) is 19.6. The fraction of sp³-hybridized carbons (Fsp3) is 0.233. The monoisotopic (exact) mass is 508 g/mol. The minimum absolute atomic E-state index is 0.140. The summed E-state index contributed by atoms with van der Waals surface area (Å²) in [6.07, 6.45) is 3.66. The summed E-state index contributed by atoms with van der Waals surface area (Å²) in [6, 6.07) is 31.6. The molecule has 4 aromatic rings. The first kappa shape index (κ1) is 24.9. The second kappa shape index (κ2) is 12.0. The van der Waals surface area contributed by atoms with Gasteiger partial charge in [0.15, 0.2) is 5.11 Å². The molecular weight excluding hydrogens is 478 g/mol. The molecule has 3 aromatic carbocycles. The third-order valence-corrected chi connectivity index (χ3v) is 7.08. The molecule has 2 atom stereocenters. The highest BCUT2D eigenvalue weighted by Crippen LogP contribution is 2.24. The third-order valence-electron chi connectivity index (χ3n) is 6.86. The summed E-state index contributed by atoms with van der Waals surface area (Å²) in [5.41, 5.74) is 8.58. The minimum atomic E-state index is -0.337. The Morgan fingerprint density at radius 1 is 1.00 bits per heavy atom. The molecule has 0 unspecified atom stereocenters. The van der Waals surface area contributed by atoms with Gasteiger partial charge in [-0.3, -0.25) is 25.5 Å². The van der Waals surface area contributed by atoms with Crippen LogP contribution in [0.4, 0.5) is 0 Å². The molecular formula is C30H30N5OS.